The number of piperidine rings is 2. The van der Waals surface area contributed by atoms with E-state index in [2.05, 4.69) is 81.8 Å². The van der Waals surface area contributed by atoms with Crippen molar-refractivity contribution in [2.75, 3.05) is 81.0 Å². The second-order valence-electron chi connectivity index (χ2n) is 20.2. The third-order valence-corrected chi connectivity index (χ3v) is 14.7. The van der Waals surface area contributed by atoms with Gasteiger partial charge in [-0.05, 0) is 147 Å². The van der Waals surface area contributed by atoms with Crippen molar-refractivity contribution < 1.29 is 19.1 Å². The van der Waals surface area contributed by atoms with Gasteiger partial charge in [0, 0.05) is 118 Å². The highest BCUT2D eigenvalue weighted by atomic mass is 16.5. The van der Waals surface area contributed by atoms with Crippen LogP contribution in [0, 0.1) is 6.92 Å². The highest BCUT2D eigenvalue weighted by Crippen LogP contribution is 2.38. The van der Waals surface area contributed by atoms with Crippen molar-refractivity contribution >= 4 is 34.7 Å². The van der Waals surface area contributed by atoms with Crippen LogP contribution in [0.15, 0.2) is 134 Å². The Hall–Kier alpha value is -8.68. The average Bonchev–Trinajstić information content (AvgIpc) is 4.22. The number of aromatic nitrogens is 8. The first-order valence-corrected chi connectivity index (χ1v) is 26.5. The predicted octanol–water partition coefficient (Wildman–Crippen LogP) is 8.00. The van der Waals surface area contributed by atoms with Gasteiger partial charge >= 0.3 is 0 Å². The standard InChI is InChI=1S/C59H67N15O4/c1-40-34-49(73(2)3)15-14-46(40)39-64-55(76)45-9-6-10-47(36-45)67-58(21-28-61-29-22-58)56-66-53(70-71-56)43-20-27-62-51(37-43)74-30-23-59(24-31-74,57-65-52(69-72-57)42-18-25-60-26-19-42)68-48-11-5-8-44(35-48)54(75)63-38-41-12-16-50(17-13-41)78-33-7-32-77-4/h5-6,8-20,25-27,34-37,61,67-68H,7,21-24,28-33,38-39H2,1-4H3,(H,63,75)(H,64,76)(H,65,69,72)(H,66,70,71). The number of carbonyl (C=O) groups excluding carboxylic acids is 2. The Morgan fingerprint density at radius 2 is 1.29 bits per heavy atom. The molecule has 0 saturated carbocycles. The van der Waals surface area contributed by atoms with Gasteiger partial charge in [-0.3, -0.25) is 24.8 Å². The van der Waals surface area contributed by atoms with Gasteiger partial charge < -0.3 is 45.9 Å². The third-order valence-electron chi connectivity index (χ3n) is 14.7. The zero-order valence-electron chi connectivity index (χ0n) is 44.6. The van der Waals surface area contributed by atoms with Crippen molar-refractivity contribution in [1.29, 1.82) is 0 Å². The molecule has 0 spiro atoms. The fourth-order valence-electron chi connectivity index (χ4n) is 10.1. The number of nitrogens with one attached hydrogen (secondary N) is 7. The van der Waals surface area contributed by atoms with E-state index >= 15 is 0 Å². The number of aromatic amines is 2. The van der Waals surface area contributed by atoms with Gasteiger partial charge in [0.2, 0.25) is 0 Å². The van der Waals surface area contributed by atoms with E-state index in [-0.39, 0.29) is 11.8 Å². The fraction of sp³-hybridized carbons (Fsp3) is 0.322. The molecule has 8 aromatic rings. The van der Waals surface area contributed by atoms with Gasteiger partial charge in [0.05, 0.1) is 12.1 Å². The molecule has 19 heteroatoms. The van der Waals surface area contributed by atoms with Crippen molar-refractivity contribution in [1.82, 2.24) is 56.3 Å². The van der Waals surface area contributed by atoms with E-state index < -0.39 is 11.1 Å². The number of aryl methyl sites for hydroxylation is 1. The number of rotatable bonds is 21. The lowest BCUT2D eigenvalue weighted by Gasteiger charge is -2.42. The van der Waals surface area contributed by atoms with Crippen LogP contribution in [-0.4, -0.2) is 113 Å². The van der Waals surface area contributed by atoms with Crippen LogP contribution in [0.2, 0.25) is 0 Å². The molecule has 6 heterocycles. The largest absolute Gasteiger partial charge is 0.494 e. The third kappa shape index (κ3) is 12.4. The number of nitrogens with zero attached hydrogens (tertiary/aromatic N) is 8. The summed E-state index contributed by atoms with van der Waals surface area (Å²) in [7, 11) is 5.71. The summed E-state index contributed by atoms with van der Waals surface area (Å²) in [5.74, 6) is 3.80. The SMILES string of the molecule is COCCCOc1ccc(CNC(=O)c2cccc(NC3(c4nc(-c5ccncc5)n[nH]4)CCN(c4cc(-c5n[nH]c(C6(Nc7cccc(C(=O)NCc8ccc(N(C)C)cc8C)c7)CCNCC6)n5)ccn4)CC3)c2)cc1. The molecule has 2 amide bonds. The molecule has 0 radical (unpaired) electrons. The molecule has 19 nitrogen and oxygen atoms in total. The maximum atomic E-state index is 13.6. The zero-order chi connectivity index (χ0) is 53.9. The first kappa shape index (κ1) is 52.7. The topological polar surface area (TPSA) is 228 Å². The monoisotopic (exact) mass is 1050 g/mol. The van der Waals surface area contributed by atoms with E-state index in [1.807, 2.05) is 111 Å². The Kier molecular flexibility index (Phi) is 16.3. The minimum atomic E-state index is -0.676. The van der Waals surface area contributed by atoms with Gasteiger partial charge in [-0.25, -0.2) is 15.0 Å². The van der Waals surface area contributed by atoms with Crippen LogP contribution in [0.3, 0.4) is 0 Å². The van der Waals surface area contributed by atoms with E-state index in [9.17, 15) is 9.59 Å². The number of hydrogen-bond donors (Lipinski definition) is 7. The number of pyridine rings is 2. The summed E-state index contributed by atoms with van der Waals surface area (Å²) in [5.41, 5.74) is 7.42. The number of anilines is 4. The molecule has 7 N–H and O–H groups in total. The minimum absolute atomic E-state index is 0.143. The van der Waals surface area contributed by atoms with Crippen LogP contribution in [0.1, 0.15) is 81.2 Å². The normalized spacial score (nSPS) is 14.8. The highest BCUT2D eigenvalue weighted by Gasteiger charge is 2.41. The van der Waals surface area contributed by atoms with Crippen LogP contribution < -0.4 is 41.1 Å². The lowest BCUT2D eigenvalue weighted by atomic mass is 9.86. The van der Waals surface area contributed by atoms with E-state index in [4.69, 9.17) is 29.5 Å². The first-order valence-electron chi connectivity index (χ1n) is 26.5. The summed E-state index contributed by atoms with van der Waals surface area (Å²) in [6.45, 7) is 6.91. The van der Waals surface area contributed by atoms with Crippen LogP contribution in [0.25, 0.3) is 22.8 Å². The average molecular weight is 1050 g/mol. The summed E-state index contributed by atoms with van der Waals surface area (Å²) in [6, 6.07) is 37.0. The fourth-order valence-corrected chi connectivity index (χ4v) is 10.1. The van der Waals surface area contributed by atoms with Gasteiger partial charge in [0.25, 0.3) is 11.8 Å². The maximum absolute atomic E-state index is 13.6. The summed E-state index contributed by atoms with van der Waals surface area (Å²) in [4.78, 5) is 50.7. The van der Waals surface area contributed by atoms with E-state index in [1.165, 1.54) is 0 Å². The van der Waals surface area contributed by atoms with Crippen molar-refractivity contribution in [2.45, 2.75) is 63.2 Å². The Morgan fingerprint density at radius 3 is 1.92 bits per heavy atom. The maximum Gasteiger partial charge on any atom is 0.251 e. The van der Waals surface area contributed by atoms with Gasteiger partial charge in [-0.15, -0.1) is 0 Å². The molecule has 10 rings (SSSR count). The summed E-state index contributed by atoms with van der Waals surface area (Å²) in [6.07, 6.45) is 8.83. The lowest BCUT2D eigenvalue weighted by molar-refractivity contribution is 0.0943. The van der Waals surface area contributed by atoms with Crippen molar-refractivity contribution in [3.8, 4) is 28.5 Å². The van der Waals surface area contributed by atoms with Crippen molar-refractivity contribution in [3.05, 3.63) is 173 Å². The van der Waals surface area contributed by atoms with E-state index in [1.54, 1.807) is 25.7 Å². The number of benzene rings is 4. The molecule has 4 aromatic heterocycles. The molecule has 402 valence electrons. The molecule has 0 bridgehead atoms. The van der Waals surface area contributed by atoms with Crippen molar-refractivity contribution in [2.24, 2.45) is 0 Å². The second kappa shape index (κ2) is 24.1. The molecule has 2 saturated heterocycles. The smallest absolute Gasteiger partial charge is 0.251 e. The second-order valence-corrected chi connectivity index (χ2v) is 20.2. The molecule has 0 aliphatic carbocycles. The number of hydrogen-bond acceptors (Lipinski definition) is 15. The molecule has 2 aliphatic heterocycles. The molecule has 4 aromatic carbocycles. The number of methoxy groups -OCH3 is 1. The molecule has 78 heavy (non-hydrogen) atoms. The predicted molar refractivity (Wildman–Crippen MR) is 303 cm³/mol. The Morgan fingerprint density at radius 1 is 0.679 bits per heavy atom. The van der Waals surface area contributed by atoms with E-state index in [0.717, 1.165) is 94.6 Å². The molecule has 0 atom stereocenters. The van der Waals surface area contributed by atoms with Crippen LogP contribution in [0.5, 0.6) is 5.75 Å². The van der Waals surface area contributed by atoms with Crippen LogP contribution in [-0.2, 0) is 28.9 Å². The quantitative estimate of drug-likeness (QED) is 0.0339. The molecule has 2 aliphatic rings. The first-order chi connectivity index (χ1) is 38.0. The number of amides is 2. The number of H-pyrrole nitrogens is 2. The molecular formula is C59H67N15O4. The van der Waals surface area contributed by atoms with Gasteiger partial charge in [-0.2, -0.15) is 10.2 Å². The number of carbonyl (C=O) groups is 2. The van der Waals surface area contributed by atoms with Crippen LogP contribution in [0.4, 0.5) is 22.9 Å². The lowest BCUT2D eigenvalue weighted by Crippen LogP contribution is -2.48. The highest BCUT2D eigenvalue weighted by molar-refractivity contribution is 5.95. The summed E-state index contributed by atoms with van der Waals surface area (Å²) in [5, 5.41) is 33.3. The number of ether oxygens (including phenoxy) is 2. The molecule has 2 fully saturated rings. The van der Waals surface area contributed by atoms with Crippen LogP contribution >= 0.6 is 0 Å². The minimum Gasteiger partial charge on any atom is -0.494 e. The Bertz CT molecular complexity index is 3290. The zero-order valence-corrected chi connectivity index (χ0v) is 44.6. The molecular weight excluding hydrogens is 983 g/mol. The van der Waals surface area contributed by atoms with Gasteiger partial charge in [0.1, 0.15) is 17.1 Å². The van der Waals surface area contributed by atoms with Crippen molar-refractivity contribution in [3.63, 3.8) is 0 Å². The Balaban J connectivity index is 0.821. The van der Waals surface area contributed by atoms with Gasteiger partial charge in [0.15, 0.2) is 23.3 Å². The van der Waals surface area contributed by atoms with E-state index in [0.29, 0.717) is 80.8 Å². The molecule has 0 unspecified atom stereocenters. The van der Waals surface area contributed by atoms with Gasteiger partial charge in [-0.1, -0.05) is 30.3 Å². The Labute approximate surface area is 454 Å². The summed E-state index contributed by atoms with van der Waals surface area (Å²) >= 11 is 0. The summed E-state index contributed by atoms with van der Waals surface area (Å²) < 4.78 is 10.9.